The molecule has 19 heavy (non-hydrogen) atoms. The van der Waals surface area contributed by atoms with E-state index in [-0.39, 0.29) is 17.2 Å². The molecule has 0 aromatic heterocycles. The standard InChI is InChI=1S/C15H28O3Si/c1-10-11(2)13-14(17-9-16-13)12(10)8-18-19(6,7)15(3,4)5/h10,12-14H,2,8-9H2,1,3-7H3/t10-,12+,13?,14?/m1/s1. The van der Waals surface area contributed by atoms with E-state index >= 15 is 0 Å². The van der Waals surface area contributed by atoms with Gasteiger partial charge in [-0.05, 0) is 29.6 Å². The molecular formula is C15H28O3Si. The Morgan fingerprint density at radius 2 is 1.95 bits per heavy atom. The third-order valence-corrected chi connectivity index (χ3v) is 9.76. The van der Waals surface area contributed by atoms with Gasteiger partial charge in [-0.1, -0.05) is 34.3 Å². The predicted molar refractivity (Wildman–Crippen MR) is 79.6 cm³/mol. The molecule has 0 bridgehead atoms. The van der Waals surface area contributed by atoms with E-state index in [0.29, 0.717) is 18.6 Å². The number of ether oxygens (including phenoxy) is 2. The molecule has 2 fully saturated rings. The van der Waals surface area contributed by atoms with Crippen molar-refractivity contribution in [3.05, 3.63) is 12.2 Å². The highest BCUT2D eigenvalue weighted by Gasteiger charge is 2.49. The molecule has 2 unspecified atom stereocenters. The summed E-state index contributed by atoms with van der Waals surface area (Å²) >= 11 is 0. The Labute approximate surface area is 118 Å². The fraction of sp³-hybridized carbons (Fsp3) is 0.867. The van der Waals surface area contributed by atoms with Gasteiger partial charge in [0.1, 0.15) is 12.9 Å². The molecule has 4 heteroatoms. The van der Waals surface area contributed by atoms with Gasteiger partial charge in [-0.3, -0.25) is 0 Å². The van der Waals surface area contributed by atoms with Gasteiger partial charge in [-0.15, -0.1) is 0 Å². The quantitative estimate of drug-likeness (QED) is 0.586. The molecule has 4 atom stereocenters. The van der Waals surface area contributed by atoms with E-state index in [9.17, 15) is 0 Å². The molecule has 0 spiro atoms. The molecule has 1 heterocycles. The Kier molecular flexibility index (Phi) is 4.00. The predicted octanol–water partition coefficient (Wildman–Crippen LogP) is 3.57. The second-order valence-electron chi connectivity index (χ2n) is 7.44. The topological polar surface area (TPSA) is 27.7 Å². The highest BCUT2D eigenvalue weighted by atomic mass is 28.4. The molecular weight excluding hydrogens is 256 g/mol. The zero-order valence-corrected chi connectivity index (χ0v) is 14.2. The Morgan fingerprint density at radius 3 is 2.53 bits per heavy atom. The Hall–Kier alpha value is -0.163. The van der Waals surface area contributed by atoms with Crippen LogP contribution in [0.1, 0.15) is 27.7 Å². The van der Waals surface area contributed by atoms with Gasteiger partial charge in [-0.25, -0.2) is 0 Å². The molecule has 2 aliphatic rings. The molecule has 1 aliphatic carbocycles. The van der Waals surface area contributed by atoms with Gasteiger partial charge in [0.2, 0.25) is 0 Å². The molecule has 0 aromatic carbocycles. The van der Waals surface area contributed by atoms with Gasteiger partial charge < -0.3 is 13.9 Å². The maximum atomic E-state index is 6.37. The molecule has 0 radical (unpaired) electrons. The molecule has 1 saturated heterocycles. The molecule has 0 aromatic rings. The van der Waals surface area contributed by atoms with Crippen LogP contribution in [0, 0.1) is 11.8 Å². The van der Waals surface area contributed by atoms with Crippen molar-refractivity contribution in [2.45, 2.75) is 58.0 Å². The van der Waals surface area contributed by atoms with E-state index in [4.69, 9.17) is 13.9 Å². The minimum Gasteiger partial charge on any atom is -0.416 e. The molecule has 1 saturated carbocycles. The van der Waals surface area contributed by atoms with Gasteiger partial charge in [0.25, 0.3) is 0 Å². The lowest BCUT2D eigenvalue weighted by Gasteiger charge is -2.37. The first-order valence-corrected chi connectivity index (χ1v) is 10.1. The average Bonchev–Trinajstić information content (AvgIpc) is 2.82. The second-order valence-corrected chi connectivity index (χ2v) is 12.2. The number of rotatable bonds is 3. The number of hydrogen-bond donors (Lipinski definition) is 0. The lowest BCUT2D eigenvalue weighted by Crippen LogP contribution is -2.43. The minimum absolute atomic E-state index is 0.0861. The van der Waals surface area contributed by atoms with Crippen molar-refractivity contribution in [3.8, 4) is 0 Å². The van der Waals surface area contributed by atoms with Crippen molar-refractivity contribution < 1.29 is 13.9 Å². The summed E-state index contributed by atoms with van der Waals surface area (Å²) in [7, 11) is -1.69. The smallest absolute Gasteiger partial charge is 0.191 e. The highest BCUT2D eigenvalue weighted by Crippen LogP contribution is 2.44. The van der Waals surface area contributed by atoms with Crippen LogP contribution in [0.5, 0.6) is 0 Å². The highest BCUT2D eigenvalue weighted by molar-refractivity contribution is 6.74. The van der Waals surface area contributed by atoms with Crippen LogP contribution in [0.15, 0.2) is 12.2 Å². The van der Waals surface area contributed by atoms with Crippen LogP contribution in [-0.2, 0) is 13.9 Å². The zero-order chi connectivity index (χ0) is 14.4. The van der Waals surface area contributed by atoms with Crippen LogP contribution in [0.2, 0.25) is 18.1 Å². The third kappa shape index (κ3) is 2.68. The zero-order valence-electron chi connectivity index (χ0n) is 13.2. The van der Waals surface area contributed by atoms with Gasteiger partial charge in [0.05, 0.1) is 6.10 Å². The SMILES string of the molecule is C=C1C2OCOC2[C@@H](CO[Si](C)(C)C(C)(C)C)[C@@H]1C. The summed E-state index contributed by atoms with van der Waals surface area (Å²) in [6, 6.07) is 0. The van der Waals surface area contributed by atoms with E-state index in [1.807, 2.05) is 0 Å². The average molecular weight is 284 g/mol. The van der Waals surface area contributed by atoms with Crippen LogP contribution < -0.4 is 0 Å². The fourth-order valence-electron chi connectivity index (χ4n) is 2.62. The van der Waals surface area contributed by atoms with Crippen molar-refractivity contribution in [1.29, 1.82) is 0 Å². The molecule has 1 aliphatic heterocycles. The lowest BCUT2D eigenvalue weighted by molar-refractivity contribution is 0.00585. The first-order valence-electron chi connectivity index (χ1n) is 7.21. The number of fused-ring (bicyclic) bond motifs is 1. The van der Waals surface area contributed by atoms with Gasteiger partial charge >= 0.3 is 0 Å². The molecule has 2 rings (SSSR count). The van der Waals surface area contributed by atoms with Gasteiger partial charge in [-0.2, -0.15) is 0 Å². The third-order valence-electron chi connectivity index (χ3n) is 5.26. The Morgan fingerprint density at radius 1 is 1.32 bits per heavy atom. The van der Waals surface area contributed by atoms with Crippen molar-refractivity contribution >= 4 is 8.32 Å². The molecule has 0 amide bonds. The molecule has 110 valence electrons. The largest absolute Gasteiger partial charge is 0.416 e. The molecule has 3 nitrogen and oxygen atoms in total. The van der Waals surface area contributed by atoms with Crippen molar-refractivity contribution in [2.75, 3.05) is 13.4 Å². The summed E-state index contributed by atoms with van der Waals surface area (Å²) < 4.78 is 17.7. The summed E-state index contributed by atoms with van der Waals surface area (Å²) in [4.78, 5) is 0. The van der Waals surface area contributed by atoms with Crippen LogP contribution in [0.4, 0.5) is 0 Å². The van der Waals surface area contributed by atoms with E-state index in [2.05, 4.69) is 47.4 Å². The Bertz CT molecular complexity index is 359. The summed E-state index contributed by atoms with van der Waals surface area (Å²) in [5.41, 5.74) is 1.17. The van der Waals surface area contributed by atoms with E-state index in [1.165, 1.54) is 5.57 Å². The summed E-state index contributed by atoms with van der Waals surface area (Å²) in [6.45, 7) is 19.0. The summed E-state index contributed by atoms with van der Waals surface area (Å²) in [6.07, 6.45) is 0.232. The van der Waals surface area contributed by atoms with Crippen molar-refractivity contribution in [1.82, 2.24) is 0 Å². The first-order chi connectivity index (χ1) is 8.65. The lowest BCUT2D eigenvalue weighted by atomic mass is 9.96. The van der Waals surface area contributed by atoms with Crippen LogP contribution in [-0.4, -0.2) is 33.9 Å². The maximum Gasteiger partial charge on any atom is 0.191 e. The van der Waals surface area contributed by atoms with Gasteiger partial charge in [0.15, 0.2) is 8.32 Å². The summed E-state index contributed by atoms with van der Waals surface area (Å²) in [5.74, 6) is 0.800. The van der Waals surface area contributed by atoms with Crippen LogP contribution in [0.3, 0.4) is 0 Å². The summed E-state index contributed by atoms with van der Waals surface area (Å²) in [5, 5.41) is 0.248. The number of hydrogen-bond acceptors (Lipinski definition) is 3. The maximum absolute atomic E-state index is 6.37. The van der Waals surface area contributed by atoms with Crippen molar-refractivity contribution in [2.24, 2.45) is 11.8 Å². The minimum atomic E-state index is -1.69. The first kappa shape index (κ1) is 15.2. The normalized spacial score (nSPS) is 35.8. The Balaban J connectivity index is 2.02. The second kappa shape index (κ2) is 4.99. The monoisotopic (exact) mass is 284 g/mol. The fourth-order valence-corrected chi connectivity index (χ4v) is 3.66. The van der Waals surface area contributed by atoms with E-state index < -0.39 is 8.32 Å². The van der Waals surface area contributed by atoms with Crippen molar-refractivity contribution in [3.63, 3.8) is 0 Å². The van der Waals surface area contributed by atoms with Crippen LogP contribution in [0.25, 0.3) is 0 Å². The van der Waals surface area contributed by atoms with Crippen LogP contribution >= 0.6 is 0 Å². The van der Waals surface area contributed by atoms with E-state index in [0.717, 1.165) is 6.61 Å². The van der Waals surface area contributed by atoms with Gasteiger partial charge in [0, 0.05) is 12.5 Å². The molecule has 0 N–H and O–H groups in total. The van der Waals surface area contributed by atoms with E-state index in [1.54, 1.807) is 0 Å².